The van der Waals surface area contributed by atoms with Gasteiger partial charge in [-0.05, 0) is 31.5 Å². The van der Waals surface area contributed by atoms with Gasteiger partial charge in [0.1, 0.15) is 6.10 Å². The fourth-order valence-corrected chi connectivity index (χ4v) is 1.34. The summed E-state index contributed by atoms with van der Waals surface area (Å²) in [6, 6.07) is 7.82. The zero-order chi connectivity index (χ0) is 11.4. The number of benzene rings is 1. The monoisotopic (exact) mass is 207 g/mol. The Morgan fingerprint density at radius 1 is 1.47 bits per heavy atom. The van der Waals surface area contributed by atoms with Crippen molar-refractivity contribution in [1.29, 1.82) is 0 Å². The Morgan fingerprint density at radius 3 is 2.67 bits per heavy atom. The van der Waals surface area contributed by atoms with Gasteiger partial charge in [0.15, 0.2) is 0 Å². The van der Waals surface area contributed by atoms with E-state index in [2.05, 4.69) is 0 Å². The first kappa shape index (κ1) is 11.7. The molecule has 0 fully saturated rings. The van der Waals surface area contributed by atoms with E-state index in [9.17, 15) is 4.79 Å². The number of carbonyl (C=O) groups is 1. The molecule has 1 rings (SSSR count). The number of nitrogens with zero attached hydrogens (tertiary/aromatic N) is 1. The summed E-state index contributed by atoms with van der Waals surface area (Å²) in [5.74, 6) is -0.0388. The zero-order valence-electron chi connectivity index (χ0n) is 9.65. The Balaban J connectivity index is 2.85. The second-order valence-electron chi connectivity index (χ2n) is 3.61. The molecule has 1 unspecified atom stereocenters. The molecule has 0 heterocycles. The average Bonchev–Trinajstić information content (AvgIpc) is 2.26. The lowest BCUT2D eigenvalue weighted by molar-refractivity contribution is -0.127. The minimum atomic E-state index is -0.407. The fraction of sp³-hybridized carbons (Fsp3) is 0.417. The van der Waals surface area contributed by atoms with Crippen LogP contribution in [-0.4, -0.2) is 26.2 Å². The van der Waals surface area contributed by atoms with E-state index < -0.39 is 6.10 Å². The zero-order valence-corrected chi connectivity index (χ0v) is 9.65. The van der Waals surface area contributed by atoms with E-state index in [1.807, 2.05) is 31.2 Å². The summed E-state index contributed by atoms with van der Waals surface area (Å²) in [4.78, 5) is 13.4. The predicted octanol–water partition coefficient (Wildman–Crippen LogP) is 1.99. The van der Waals surface area contributed by atoms with Crippen LogP contribution in [0.25, 0.3) is 0 Å². The lowest BCUT2D eigenvalue weighted by atomic mass is 10.2. The van der Waals surface area contributed by atoms with Gasteiger partial charge in [-0.25, -0.2) is 0 Å². The van der Waals surface area contributed by atoms with Gasteiger partial charge < -0.3 is 9.64 Å². The number of rotatable bonds is 3. The molecule has 15 heavy (non-hydrogen) atoms. The van der Waals surface area contributed by atoms with Crippen LogP contribution in [0.2, 0.25) is 0 Å². The molecular weight excluding hydrogens is 190 g/mol. The van der Waals surface area contributed by atoms with E-state index in [1.165, 1.54) is 7.11 Å². The second-order valence-corrected chi connectivity index (χ2v) is 3.61. The van der Waals surface area contributed by atoms with E-state index in [0.717, 1.165) is 11.3 Å². The molecule has 0 aliphatic carbocycles. The molecule has 0 aliphatic heterocycles. The number of hydrogen-bond donors (Lipinski definition) is 0. The molecular formula is C12H17NO2. The largest absolute Gasteiger partial charge is 0.372 e. The van der Waals surface area contributed by atoms with Gasteiger partial charge in [0, 0.05) is 19.8 Å². The second kappa shape index (κ2) is 4.94. The summed E-state index contributed by atoms with van der Waals surface area (Å²) >= 11 is 0. The highest BCUT2D eigenvalue weighted by atomic mass is 16.5. The number of methoxy groups -OCH3 is 1. The molecule has 1 atom stereocenters. The van der Waals surface area contributed by atoms with E-state index in [4.69, 9.17) is 4.74 Å². The topological polar surface area (TPSA) is 29.5 Å². The molecule has 82 valence electrons. The third-order valence-corrected chi connectivity index (χ3v) is 2.42. The third kappa shape index (κ3) is 2.80. The van der Waals surface area contributed by atoms with Gasteiger partial charge in [-0.15, -0.1) is 0 Å². The van der Waals surface area contributed by atoms with Crippen LogP contribution in [0.15, 0.2) is 24.3 Å². The maximum Gasteiger partial charge on any atom is 0.255 e. The van der Waals surface area contributed by atoms with Crippen LogP contribution < -0.4 is 4.90 Å². The van der Waals surface area contributed by atoms with E-state index in [1.54, 1.807) is 18.9 Å². The lowest BCUT2D eigenvalue weighted by Crippen LogP contribution is -2.35. The minimum Gasteiger partial charge on any atom is -0.372 e. The van der Waals surface area contributed by atoms with Gasteiger partial charge >= 0.3 is 0 Å². The molecule has 0 saturated heterocycles. The summed E-state index contributed by atoms with van der Waals surface area (Å²) in [6.45, 7) is 3.75. The average molecular weight is 207 g/mol. The van der Waals surface area contributed by atoms with Crippen molar-refractivity contribution in [2.75, 3.05) is 19.1 Å². The number of ether oxygens (including phenoxy) is 1. The van der Waals surface area contributed by atoms with Crippen molar-refractivity contribution < 1.29 is 9.53 Å². The van der Waals surface area contributed by atoms with Crippen LogP contribution in [0, 0.1) is 6.92 Å². The smallest absolute Gasteiger partial charge is 0.255 e. The number of aryl methyl sites for hydroxylation is 1. The van der Waals surface area contributed by atoms with Gasteiger partial charge in [0.2, 0.25) is 0 Å². The Kier molecular flexibility index (Phi) is 3.86. The molecule has 0 radical (unpaired) electrons. The fourth-order valence-electron chi connectivity index (χ4n) is 1.34. The van der Waals surface area contributed by atoms with Crippen molar-refractivity contribution in [2.24, 2.45) is 0 Å². The summed E-state index contributed by atoms with van der Waals surface area (Å²) in [5.41, 5.74) is 2.03. The van der Waals surface area contributed by atoms with Crippen LogP contribution in [-0.2, 0) is 9.53 Å². The minimum absolute atomic E-state index is 0.0388. The van der Waals surface area contributed by atoms with Gasteiger partial charge in [-0.3, -0.25) is 4.79 Å². The molecule has 0 saturated carbocycles. The molecule has 1 aromatic carbocycles. The molecule has 0 aliphatic rings. The molecule has 0 bridgehead atoms. The normalized spacial score (nSPS) is 12.3. The number of anilines is 1. The van der Waals surface area contributed by atoms with Gasteiger partial charge in [0.05, 0.1) is 0 Å². The highest BCUT2D eigenvalue weighted by molar-refractivity contribution is 5.95. The van der Waals surface area contributed by atoms with Crippen molar-refractivity contribution in [3.63, 3.8) is 0 Å². The molecule has 0 aromatic heterocycles. The van der Waals surface area contributed by atoms with Gasteiger partial charge in [0.25, 0.3) is 5.91 Å². The van der Waals surface area contributed by atoms with Crippen molar-refractivity contribution in [3.05, 3.63) is 29.8 Å². The number of amides is 1. The highest BCUT2D eigenvalue weighted by Gasteiger charge is 2.17. The van der Waals surface area contributed by atoms with Crippen LogP contribution in [0.4, 0.5) is 5.69 Å². The molecule has 1 amide bonds. The van der Waals surface area contributed by atoms with E-state index in [0.29, 0.717) is 0 Å². The maximum atomic E-state index is 11.8. The number of likely N-dealkylation sites (N-methyl/N-ethyl adjacent to an activating group) is 1. The number of hydrogen-bond acceptors (Lipinski definition) is 2. The SMILES string of the molecule is COC(C)C(=O)N(C)c1cccc(C)c1. The standard InChI is InChI=1S/C12H17NO2/c1-9-6-5-7-11(8-9)13(3)12(14)10(2)15-4/h5-8,10H,1-4H3. The summed E-state index contributed by atoms with van der Waals surface area (Å²) in [6.07, 6.45) is -0.407. The molecule has 0 N–H and O–H groups in total. The van der Waals surface area contributed by atoms with Gasteiger partial charge in [-0.1, -0.05) is 12.1 Å². The quantitative estimate of drug-likeness (QED) is 0.758. The van der Waals surface area contributed by atoms with Crippen molar-refractivity contribution in [2.45, 2.75) is 20.0 Å². The Bertz CT molecular complexity index is 349. The summed E-state index contributed by atoms with van der Waals surface area (Å²) in [7, 11) is 3.29. The van der Waals surface area contributed by atoms with E-state index in [-0.39, 0.29) is 5.91 Å². The summed E-state index contributed by atoms with van der Waals surface area (Å²) < 4.78 is 4.99. The third-order valence-electron chi connectivity index (χ3n) is 2.42. The highest BCUT2D eigenvalue weighted by Crippen LogP contribution is 2.15. The van der Waals surface area contributed by atoms with Crippen molar-refractivity contribution in [1.82, 2.24) is 0 Å². The molecule has 0 spiro atoms. The van der Waals surface area contributed by atoms with Crippen LogP contribution >= 0.6 is 0 Å². The lowest BCUT2D eigenvalue weighted by Gasteiger charge is -2.20. The van der Waals surface area contributed by atoms with Crippen molar-refractivity contribution >= 4 is 11.6 Å². The predicted molar refractivity (Wildman–Crippen MR) is 61.1 cm³/mol. The Hall–Kier alpha value is -1.35. The number of carbonyl (C=O) groups excluding carboxylic acids is 1. The van der Waals surface area contributed by atoms with Gasteiger partial charge in [-0.2, -0.15) is 0 Å². The van der Waals surface area contributed by atoms with Crippen molar-refractivity contribution in [3.8, 4) is 0 Å². The van der Waals surface area contributed by atoms with E-state index >= 15 is 0 Å². The molecule has 1 aromatic rings. The Morgan fingerprint density at radius 2 is 2.13 bits per heavy atom. The molecule has 3 heteroatoms. The molecule has 3 nitrogen and oxygen atoms in total. The Labute approximate surface area is 90.7 Å². The van der Waals surface area contributed by atoms with Crippen LogP contribution in [0.3, 0.4) is 0 Å². The first-order chi connectivity index (χ1) is 7.06. The van der Waals surface area contributed by atoms with Crippen LogP contribution in [0.1, 0.15) is 12.5 Å². The summed E-state index contributed by atoms with van der Waals surface area (Å²) in [5, 5.41) is 0. The van der Waals surface area contributed by atoms with Crippen LogP contribution in [0.5, 0.6) is 0 Å². The first-order valence-corrected chi connectivity index (χ1v) is 4.93. The maximum absolute atomic E-state index is 11.8. The first-order valence-electron chi connectivity index (χ1n) is 4.93.